The van der Waals surface area contributed by atoms with E-state index in [1.54, 1.807) is 0 Å². The van der Waals surface area contributed by atoms with E-state index in [1.165, 1.54) is 18.2 Å². The van der Waals surface area contributed by atoms with E-state index in [2.05, 4.69) is 10.0 Å². The highest BCUT2D eigenvalue weighted by Crippen LogP contribution is 2.29. The van der Waals surface area contributed by atoms with Gasteiger partial charge in [-0.15, -0.1) is 12.4 Å². The summed E-state index contributed by atoms with van der Waals surface area (Å²) in [5.41, 5.74) is -0.0659. The molecular formula is C17H18ClF2N3O4S. The van der Waals surface area contributed by atoms with Crippen molar-refractivity contribution in [1.82, 2.24) is 10.0 Å². The van der Waals surface area contributed by atoms with Crippen LogP contribution < -0.4 is 10.0 Å². The van der Waals surface area contributed by atoms with Gasteiger partial charge in [0.1, 0.15) is 0 Å². The summed E-state index contributed by atoms with van der Waals surface area (Å²) in [5, 5.41) is 14.2. The van der Waals surface area contributed by atoms with Gasteiger partial charge in [-0.1, -0.05) is 18.2 Å². The highest BCUT2D eigenvalue weighted by atomic mass is 35.5. The Labute approximate surface area is 166 Å². The van der Waals surface area contributed by atoms with Gasteiger partial charge in [0.25, 0.3) is 5.69 Å². The van der Waals surface area contributed by atoms with Crippen molar-refractivity contribution in [3.05, 3.63) is 69.8 Å². The first-order valence-corrected chi connectivity index (χ1v) is 9.69. The SMILES string of the molecule is Cl.O=[N+]([O-])c1ccccc1S(=O)(=O)NC1CNCCC1c1ccc(F)c(F)c1. The van der Waals surface area contributed by atoms with Crippen molar-refractivity contribution in [2.45, 2.75) is 23.3 Å². The smallest absolute Gasteiger partial charge is 0.289 e. The van der Waals surface area contributed by atoms with Crippen LogP contribution in [-0.2, 0) is 10.0 Å². The zero-order valence-electron chi connectivity index (χ0n) is 14.5. The maximum Gasteiger partial charge on any atom is 0.289 e. The number of nitrogens with zero attached hydrogens (tertiary/aromatic N) is 1. The van der Waals surface area contributed by atoms with Gasteiger partial charge < -0.3 is 5.32 Å². The number of nitrogens with one attached hydrogen (secondary N) is 2. The van der Waals surface area contributed by atoms with Crippen molar-refractivity contribution >= 4 is 28.1 Å². The van der Waals surface area contributed by atoms with Crippen molar-refractivity contribution in [2.24, 2.45) is 0 Å². The highest BCUT2D eigenvalue weighted by Gasteiger charge is 2.33. The number of piperidine rings is 1. The van der Waals surface area contributed by atoms with E-state index < -0.39 is 49.1 Å². The van der Waals surface area contributed by atoms with Crippen LogP contribution in [0.25, 0.3) is 0 Å². The van der Waals surface area contributed by atoms with E-state index >= 15 is 0 Å². The summed E-state index contributed by atoms with van der Waals surface area (Å²) in [6.07, 6.45) is 0.495. The molecular weight excluding hydrogens is 416 g/mol. The van der Waals surface area contributed by atoms with Gasteiger partial charge in [-0.2, -0.15) is 0 Å². The maximum atomic E-state index is 13.6. The summed E-state index contributed by atoms with van der Waals surface area (Å²) < 4.78 is 54.8. The van der Waals surface area contributed by atoms with Gasteiger partial charge in [0.15, 0.2) is 16.5 Å². The number of halogens is 3. The van der Waals surface area contributed by atoms with Crippen molar-refractivity contribution in [3.63, 3.8) is 0 Å². The highest BCUT2D eigenvalue weighted by molar-refractivity contribution is 7.89. The third-order valence-electron chi connectivity index (χ3n) is 4.51. The van der Waals surface area contributed by atoms with Crippen LogP contribution in [0.2, 0.25) is 0 Å². The van der Waals surface area contributed by atoms with E-state index in [0.717, 1.165) is 24.3 Å². The molecule has 0 amide bonds. The Hall–Kier alpha value is -2.14. The molecule has 0 aliphatic carbocycles. The Morgan fingerprint density at radius 1 is 1.14 bits per heavy atom. The lowest BCUT2D eigenvalue weighted by Gasteiger charge is -2.33. The van der Waals surface area contributed by atoms with E-state index in [0.29, 0.717) is 18.5 Å². The summed E-state index contributed by atoms with van der Waals surface area (Å²) in [7, 11) is -4.19. The molecule has 1 aliphatic rings. The number of rotatable bonds is 5. The fourth-order valence-electron chi connectivity index (χ4n) is 3.22. The third kappa shape index (κ3) is 4.64. The first kappa shape index (κ1) is 22.2. The number of benzene rings is 2. The van der Waals surface area contributed by atoms with Crippen LogP contribution in [0.15, 0.2) is 47.4 Å². The summed E-state index contributed by atoms with van der Waals surface area (Å²) in [4.78, 5) is 9.94. The van der Waals surface area contributed by atoms with Gasteiger partial charge >= 0.3 is 0 Å². The second-order valence-corrected chi connectivity index (χ2v) is 7.91. The average Bonchev–Trinajstić information content (AvgIpc) is 2.64. The molecule has 3 rings (SSSR count). The van der Waals surface area contributed by atoms with Crippen LogP contribution in [0.1, 0.15) is 17.9 Å². The Morgan fingerprint density at radius 3 is 2.54 bits per heavy atom. The largest absolute Gasteiger partial charge is 0.315 e. The summed E-state index contributed by atoms with van der Waals surface area (Å²) in [6, 6.07) is 7.84. The minimum absolute atomic E-state index is 0. The number of nitro groups is 1. The van der Waals surface area contributed by atoms with Crippen molar-refractivity contribution in [2.75, 3.05) is 13.1 Å². The summed E-state index contributed by atoms with van der Waals surface area (Å²) in [5.74, 6) is -2.39. The van der Waals surface area contributed by atoms with Crippen molar-refractivity contribution in [1.29, 1.82) is 0 Å². The van der Waals surface area contributed by atoms with Gasteiger partial charge in [0.2, 0.25) is 10.0 Å². The first-order valence-electron chi connectivity index (χ1n) is 8.21. The minimum atomic E-state index is -4.19. The molecule has 0 radical (unpaired) electrons. The molecule has 152 valence electrons. The maximum absolute atomic E-state index is 13.6. The van der Waals surface area contributed by atoms with E-state index in [-0.39, 0.29) is 19.0 Å². The average molecular weight is 434 g/mol. The fourth-order valence-corrected chi connectivity index (χ4v) is 4.67. The monoisotopic (exact) mass is 433 g/mol. The first-order chi connectivity index (χ1) is 12.8. The lowest BCUT2D eigenvalue weighted by atomic mass is 9.86. The topological polar surface area (TPSA) is 101 Å². The molecule has 0 spiro atoms. The molecule has 2 unspecified atom stereocenters. The molecule has 1 aliphatic heterocycles. The molecule has 2 aromatic carbocycles. The van der Waals surface area contributed by atoms with Crippen LogP contribution in [0, 0.1) is 21.7 Å². The molecule has 0 bridgehead atoms. The molecule has 2 atom stereocenters. The fraction of sp³-hybridized carbons (Fsp3) is 0.294. The Morgan fingerprint density at radius 2 is 1.86 bits per heavy atom. The molecule has 0 aromatic heterocycles. The van der Waals surface area contributed by atoms with Crippen LogP contribution in [-0.4, -0.2) is 32.5 Å². The lowest BCUT2D eigenvalue weighted by Crippen LogP contribution is -2.50. The number of nitro benzene ring substituents is 1. The predicted molar refractivity (Wildman–Crippen MR) is 101 cm³/mol. The summed E-state index contributed by atoms with van der Waals surface area (Å²) in [6.45, 7) is 0.830. The summed E-state index contributed by atoms with van der Waals surface area (Å²) >= 11 is 0. The Balaban J connectivity index is 0.00000280. The van der Waals surface area contributed by atoms with Gasteiger partial charge in [-0.05, 0) is 36.7 Å². The Bertz CT molecular complexity index is 975. The van der Waals surface area contributed by atoms with Gasteiger partial charge in [-0.25, -0.2) is 21.9 Å². The molecule has 11 heteroatoms. The molecule has 1 saturated heterocycles. The van der Waals surface area contributed by atoms with Gasteiger partial charge in [0, 0.05) is 24.6 Å². The quantitative estimate of drug-likeness (QED) is 0.557. The molecule has 1 fully saturated rings. The van der Waals surface area contributed by atoms with Crippen LogP contribution >= 0.6 is 12.4 Å². The molecule has 2 aromatic rings. The zero-order chi connectivity index (χ0) is 19.6. The van der Waals surface area contributed by atoms with Crippen molar-refractivity contribution < 1.29 is 22.1 Å². The molecule has 2 N–H and O–H groups in total. The predicted octanol–water partition coefficient (Wildman–Crippen LogP) is 2.72. The van der Waals surface area contributed by atoms with E-state index in [1.807, 2.05) is 0 Å². The Kier molecular flexibility index (Phi) is 7.05. The lowest BCUT2D eigenvalue weighted by molar-refractivity contribution is -0.387. The normalized spacial score (nSPS) is 19.6. The van der Waals surface area contributed by atoms with Crippen LogP contribution in [0.5, 0.6) is 0 Å². The van der Waals surface area contributed by atoms with Crippen LogP contribution in [0.3, 0.4) is 0 Å². The van der Waals surface area contributed by atoms with Crippen LogP contribution in [0.4, 0.5) is 14.5 Å². The number of hydrogen-bond acceptors (Lipinski definition) is 5. The second kappa shape index (κ2) is 8.91. The van der Waals surface area contributed by atoms with Gasteiger partial charge in [0.05, 0.1) is 4.92 Å². The number of sulfonamides is 1. The van der Waals surface area contributed by atoms with Crippen molar-refractivity contribution in [3.8, 4) is 0 Å². The standard InChI is InChI=1S/C17H17F2N3O4S.ClH/c18-13-6-5-11(9-14(13)19)12-7-8-20-10-15(12)21-27(25,26)17-4-2-1-3-16(17)22(23)24;/h1-6,9,12,15,20-21H,7-8,10H2;1H. The van der Waals surface area contributed by atoms with E-state index in [4.69, 9.17) is 0 Å². The number of hydrogen-bond donors (Lipinski definition) is 2. The number of para-hydroxylation sites is 1. The van der Waals surface area contributed by atoms with E-state index in [9.17, 15) is 27.3 Å². The molecule has 28 heavy (non-hydrogen) atoms. The zero-order valence-corrected chi connectivity index (χ0v) is 16.1. The van der Waals surface area contributed by atoms with Gasteiger partial charge in [-0.3, -0.25) is 10.1 Å². The molecule has 7 nitrogen and oxygen atoms in total. The molecule has 0 saturated carbocycles. The minimum Gasteiger partial charge on any atom is -0.315 e. The third-order valence-corrected chi connectivity index (χ3v) is 6.05. The molecule has 1 heterocycles. The second-order valence-electron chi connectivity index (χ2n) is 6.23.